The van der Waals surface area contributed by atoms with Crippen molar-refractivity contribution in [2.45, 2.75) is 26.4 Å². The maximum Gasteiger partial charge on any atom is 0.251 e. The van der Waals surface area contributed by atoms with Crippen LogP contribution in [-0.2, 0) is 19.5 Å². The summed E-state index contributed by atoms with van der Waals surface area (Å²) in [4.78, 5) is 16.1. The van der Waals surface area contributed by atoms with Gasteiger partial charge in [0.15, 0.2) is 5.82 Å². The zero-order valence-corrected chi connectivity index (χ0v) is 11.3. The molecule has 1 aliphatic heterocycles. The van der Waals surface area contributed by atoms with Crippen LogP contribution in [0, 0.1) is 6.92 Å². The summed E-state index contributed by atoms with van der Waals surface area (Å²) in [5.41, 5.74) is 3.16. The van der Waals surface area contributed by atoms with Gasteiger partial charge in [0.1, 0.15) is 0 Å². The van der Waals surface area contributed by atoms with Gasteiger partial charge in [0.05, 0.1) is 0 Å². The first-order valence-electron chi connectivity index (χ1n) is 6.62. The Hall–Kier alpha value is -2.21. The molecule has 0 unspecified atom stereocenters. The third-order valence-electron chi connectivity index (χ3n) is 3.30. The Bertz CT molecular complexity index is 636. The molecule has 0 radical (unpaired) electrons. The van der Waals surface area contributed by atoms with E-state index in [0.29, 0.717) is 30.2 Å². The Morgan fingerprint density at radius 2 is 2.25 bits per heavy atom. The van der Waals surface area contributed by atoms with Gasteiger partial charge in [-0.15, -0.1) is 0 Å². The lowest BCUT2D eigenvalue weighted by Gasteiger charge is -2.05. The van der Waals surface area contributed by atoms with Gasteiger partial charge in [0.25, 0.3) is 5.91 Å². The maximum atomic E-state index is 12.0. The third-order valence-corrected chi connectivity index (χ3v) is 3.30. The molecule has 2 aromatic rings. The van der Waals surface area contributed by atoms with E-state index in [-0.39, 0.29) is 5.91 Å². The molecule has 1 aromatic carbocycles. The molecule has 1 aliphatic rings. The summed E-state index contributed by atoms with van der Waals surface area (Å²) in [6.07, 6.45) is 0.565. The molecule has 20 heavy (non-hydrogen) atoms. The van der Waals surface area contributed by atoms with Gasteiger partial charge in [-0.25, -0.2) is 0 Å². The van der Waals surface area contributed by atoms with E-state index in [1.165, 1.54) is 11.1 Å². The molecule has 0 spiro atoms. The lowest BCUT2D eigenvalue weighted by Crippen LogP contribution is -2.26. The minimum absolute atomic E-state index is 0.0695. The lowest BCUT2D eigenvalue weighted by atomic mass is 10.1. The highest BCUT2D eigenvalue weighted by Gasteiger charge is 2.13. The van der Waals surface area contributed by atoms with Gasteiger partial charge >= 0.3 is 0 Å². The van der Waals surface area contributed by atoms with E-state index >= 15 is 0 Å². The predicted molar refractivity (Wildman–Crippen MR) is 72.1 cm³/mol. The van der Waals surface area contributed by atoms with Crippen molar-refractivity contribution < 1.29 is 9.32 Å². The normalized spacial score (nSPS) is 13.2. The first-order chi connectivity index (χ1) is 9.72. The Labute approximate surface area is 116 Å². The summed E-state index contributed by atoms with van der Waals surface area (Å²) in [6, 6.07) is 5.82. The van der Waals surface area contributed by atoms with Crippen LogP contribution in [0.1, 0.15) is 33.2 Å². The first-order valence-corrected chi connectivity index (χ1v) is 6.62. The molecule has 2 N–H and O–H groups in total. The average molecular weight is 272 g/mol. The fourth-order valence-corrected chi connectivity index (χ4v) is 2.27. The van der Waals surface area contributed by atoms with Crippen molar-refractivity contribution in [3.05, 3.63) is 46.6 Å². The van der Waals surface area contributed by atoms with E-state index in [9.17, 15) is 4.79 Å². The zero-order valence-electron chi connectivity index (χ0n) is 11.3. The van der Waals surface area contributed by atoms with Crippen molar-refractivity contribution in [2.75, 3.05) is 6.54 Å². The number of benzene rings is 1. The highest BCUT2D eigenvalue weighted by molar-refractivity contribution is 5.94. The molecular weight excluding hydrogens is 256 g/mol. The average Bonchev–Trinajstić information content (AvgIpc) is 3.06. The molecule has 0 bridgehead atoms. The summed E-state index contributed by atoms with van der Waals surface area (Å²) in [5, 5.41) is 9.92. The second kappa shape index (κ2) is 5.42. The molecule has 104 valence electrons. The highest BCUT2D eigenvalue weighted by atomic mass is 16.5. The molecule has 1 amide bonds. The largest absolute Gasteiger partial charge is 0.352 e. The number of aryl methyl sites for hydroxylation is 1. The van der Waals surface area contributed by atoms with E-state index in [1.807, 2.05) is 18.2 Å². The Balaban J connectivity index is 1.56. The minimum atomic E-state index is -0.0695. The van der Waals surface area contributed by atoms with Crippen molar-refractivity contribution in [3.63, 3.8) is 0 Å². The Morgan fingerprint density at radius 1 is 1.40 bits per heavy atom. The zero-order chi connectivity index (χ0) is 13.9. The molecule has 0 atom stereocenters. The number of fused-ring (bicyclic) bond motifs is 1. The number of hydrogen-bond donors (Lipinski definition) is 2. The van der Waals surface area contributed by atoms with Crippen LogP contribution in [0.15, 0.2) is 22.7 Å². The molecule has 0 saturated carbocycles. The number of carbonyl (C=O) groups excluding carboxylic acids is 1. The minimum Gasteiger partial charge on any atom is -0.352 e. The van der Waals surface area contributed by atoms with Crippen molar-refractivity contribution in [2.24, 2.45) is 0 Å². The van der Waals surface area contributed by atoms with Crippen molar-refractivity contribution in [1.29, 1.82) is 0 Å². The second-order valence-corrected chi connectivity index (χ2v) is 4.82. The Kier molecular flexibility index (Phi) is 3.47. The van der Waals surface area contributed by atoms with Crippen LogP contribution in [-0.4, -0.2) is 22.6 Å². The number of aromatic nitrogens is 2. The van der Waals surface area contributed by atoms with Gasteiger partial charge in [-0.1, -0.05) is 11.2 Å². The van der Waals surface area contributed by atoms with Crippen molar-refractivity contribution in [1.82, 2.24) is 20.8 Å². The summed E-state index contributed by atoms with van der Waals surface area (Å²) in [7, 11) is 0. The van der Waals surface area contributed by atoms with Crippen LogP contribution in [0.5, 0.6) is 0 Å². The third kappa shape index (κ3) is 2.70. The van der Waals surface area contributed by atoms with Gasteiger partial charge in [-0.3, -0.25) is 4.79 Å². The number of nitrogens with zero attached hydrogens (tertiary/aromatic N) is 2. The van der Waals surface area contributed by atoms with Gasteiger partial charge in [-0.2, -0.15) is 4.98 Å². The first kappa shape index (κ1) is 12.8. The number of hydrogen-bond acceptors (Lipinski definition) is 5. The number of rotatable bonds is 4. The SMILES string of the molecule is Cc1nc(CCNC(=O)c2ccc3c(c2)CNC3)no1. The van der Waals surface area contributed by atoms with E-state index in [0.717, 1.165) is 13.1 Å². The number of carbonyl (C=O) groups is 1. The van der Waals surface area contributed by atoms with Crippen LogP contribution in [0.4, 0.5) is 0 Å². The highest BCUT2D eigenvalue weighted by Crippen LogP contribution is 2.16. The number of nitrogens with one attached hydrogen (secondary N) is 2. The van der Waals surface area contributed by atoms with Crippen LogP contribution in [0.2, 0.25) is 0 Å². The molecule has 3 rings (SSSR count). The summed E-state index contributed by atoms with van der Waals surface area (Å²) in [6.45, 7) is 3.95. The fourth-order valence-electron chi connectivity index (χ4n) is 2.27. The molecule has 1 aromatic heterocycles. The summed E-state index contributed by atoms with van der Waals surface area (Å²) >= 11 is 0. The molecule has 6 heteroatoms. The van der Waals surface area contributed by atoms with Crippen LogP contribution < -0.4 is 10.6 Å². The topological polar surface area (TPSA) is 80.0 Å². The van der Waals surface area contributed by atoms with Crippen LogP contribution in [0.25, 0.3) is 0 Å². The second-order valence-electron chi connectivity index (χ2n) is 4.82. The molecule has 6 nitrogen and oxygen atoms in total. The molecule has 2 heterocycles. The number of amides is 1. The van der Waals surface area contributed by atoms with E-state index < -0.39 is 0 Å². The van der Waals surface area contributed by atoms with Crippen LogP contribution >= 0.6 is 0 Å². The molecule has 0 aliphatic carbocycles. The fraction of sp³-hybridized carbons (Fsp3) is 0.357. The van der Waals surface area contributed by atoms with Gasteiger partial charge in [-0.05, 0) is 23.3 Å². The molecule has 0 saturated heterocycles. The standard InChI is InChI=1S/C14H16N4O2/c1-9-17-13(18-20-9)4-5-16-14(19)10-2-3-11-7-15-8-12(11)6-10/h2-3,6,15H,4-5,7-8H2,1H3,(H,16,19). The monoisotopic (exact) mass is 272 g/mol. The molecule has 0 fully saturated rings. The maximum absolute atomic E-state index is 12.0. The van der Waals surface area contributed by atoms with Crippen molar-refractivity contribution in [3.8, 4) is 0 Å². The van der Waals surface area contributed by atoms with Gasteiger partial charge in [0, 0.05) is 38.5 Å². The molecular formula is C14H16N4O2. The van der Waals surface area contributed by atoms with E-state index in [2.05, 4.69) is 20.8 Å². The lowest BCUT2D eigenvalue weighted by molar-refractivity contribution is 0.0954. The van der Waals surface area contributed by atoms with E-state index in [4.69, 9.17) is 4.52 Å². The smallest absolute Gasteiger partial charge is 0.251 e. The van der Waals surface area contributed by atoms with E-state index in [1.54, 1.807) is 6.92 Å². The summed E-state index contributed by atoms with van der Waals surface area (Å²) in [5.74, 6) is 1.08. The van der Waals surface area contributed by atoms with Gasteiger partial charge in [0.2, 0.25) is 5.89 Å². The van der Waals surface area contributed by atoms with Crippen LogP contribution in [0.3, 0.4) is 0 Å². The van der Waals surface area contributed by atoms with Gasteiger partial charge < -0.3 is 15.2 Å². The quantitative estimate of drug-likeness (QED) is 0.866. The summed E-state index contributed by atoms with van der Waals surface area (Å²) < 4.78 is 4.88. The predicted octanol–water partition coefficient (Wildman–Crippen LogP) is 0.954. The Morgan fingerprint density at radius 3 is 3.05 bits per heavy atom. The van der Waals surface area contributed by atoms with Crippen molar-refractivity contribution >= 4 is 5.91 Å².